The molecule has 2 heterocycles. The highest BCUT2D eigenvalue weighted by atomic mass is 15.1. The van der Waals surface area contributed by atoms with Crippen molar-refractivity contribution in [2.45, 2.75) is 19.3 Å². The molecule has 6 aromatic carbocycles. The SMILES string of the molecule is CC1(C)c2ccccc2-c2c1c1ccccc1c1c3ccccc3n(-c3ccc4c(c3)ncn4-c3ccccc3)c21. The van der Waals surface area contributed by atoms with Crippen LogP contribution in [0.15, 0.2) is 128 Å². The highest BCUT2D eigenvalue weighted by Gasteiger charge is 2.39. The molecule has 3 heteroatoms. The van der Waals surface area contributed by atoms with E-state index in [9.17, 15) is 0 Å². The van der Waals surface area contributed by atoms with Crippen molar-refractivity contribution in [1.29, 1.82) is 0 Å². The van der Waals surface area contributed by atoms with Crippen molar-refractivity contribution in [2.24, 2.45) is 0 Å². The maximum Gasteiger partial charge on any atom is 0.100 e. The van der Waals surface area contributed by atoms with Crippen LogP contribution in [-0.4, -0.2) is 14.1 Å². The van der Waals surface area contributed by atoms with Gasteiger partial charge < -0.3 is 4.57 Å². The van der Waals surface area contributed by atoms with Gasteiger partial charge in [-0.05, 0) is 63.9 Å². The molecule has 41 heavy (non-hydrogen) atoms. The number of imidazole rings is 1. The maximum absolute atomic E-state index is 4.86. The van der Waals surface area contributed by atoms with Crippen molar-refractivity contribution < 1.29 is 0 Å². The van der Waals surface area contributed by atoms with Crippen molar-refractivity contribution >= 4 is 43.6 Å². The summed E-state index contributed by atoms with van der Waals surface area (Å²) >= 11 is 0. The topological polar surface area (TPSA) is 22.8 Å². The van der Waals surface area contributed by atoms with Crippen LogP contribution < -0.4 is 0 Å². The van der Waals surface area contributed by atoms with Gasteiger partial charge in [-0.25, -0.2) is 4.98 Å². The van der Waals surface area contributed by atoms with Gasteiger partial charge in [-0.15, -0.1) is 0 Å². The number of aromatic nitrogens is 3. The summed E-state index contributed by atoms with van der Waals surface area (Å²) in [6, 6.07) is 43.9. The lowest BCUT2D eigenvalue weighted by molar-refractivity contribution is 0.666. The van der Waals surface area contributed by atoms with Crippen LogP contribution in [0.25, 0.3) is 66.1 Å². The molecule has 0 atom stereocenters. The largest absolute Gasteiger partial charge is 0.309 e. The first kappa shape index (κ1) is 22.6. The zero-order chi connectivity index (χ0) is 27.3. The predicted octanol–water partition coefficient (Wildman–Crippen LogP) is 9.58. The van der Waals surface area contributed by atoms with E-state index < -0.39 is 0 Å². The molecule has 1 aliphatic carbocycles. The molecule has 0 spiro atoms. The number of fused-ring (bicyclic) bond motifs is 11. The van der Waals surface area contributed by atoms with E-state index in [1.807, 2.05) is 12.4 Å². The third kappa shape index (κ3) is 2.90. The molecule has 0 fully saturated rings. The summed E-state index contributed by atoms with van der Waals surface area (Å²) in [5, 5.41) is 5.25. The van der Waals surface area contributed by atoms with Crippen LogP contribution in [0, 0.1) is 0 Å². The molecule has 0 saturated heterocycles. The Hall–Kier alpha value is -5.15. The lowest BCUT2D eigenvalue weighted by Crippen LogP contribution is -2.15. The Morgan fingerprint density at radius 1 is 0.610 bits per heavy atom. The van der Waals surface area contributed by atoms with Gasteiger partial charge in [0.2, 0.25) is 0 Å². The lowest BCUT2D eigenvalue weighted by Gasteiger charge is -2.24. The first-order valence-corrected chi connectivity index (χ1v) is 14.2. The summed E-state index contributed by atoms with van der Waals surface area (Å²) in [5.74, 6) is 0. The van der Waals surface area contributed by atoms with Gasteiger partial charge >= 0.3 is 0 Å². The summed E-state index contributed by atoms with van der Waals surface area (Å²) in [4.78, 5) is 4.86. The quantitative estimate of drug-likeness (QED) is 0.220. The fourth-order valence-corrected chi connectivity index (χ4v) is 7.42. The molecule has 0 radical (unpaired) electrons. The van der Waals surface area contributed by atoms with Crippen LogP contribution in [0.1, 0.15) is 25.0 Å². The van der Waals surface area contributed by atoms with Crippen LogP contribution in [0.3, 0.4) is 0 Å². The zero-order valence-electron chi connectivity index (χ0n) is 23.0. The Bertz CT molecular complexity index is 2330. The highest BCUT2D eigenvalue weighted by molar-refractivity contribution is 6.27. The fourth-order valence-electron chi connectivity index (χ4n) is 7.42. The molecule has 0 saturated carbocycles. The van der Waals surface area contributed by atoms with E-state index in [0.29, 0.717) is 0 Å². The Kier molecular flexibility index (Phi) is 4.39. The Morgan fingerprint density at radius 3 is 2.17 bits per heavy atom. The maximum atomic E-state index is 4.86. The number of nitrogens with zero attached hydrogens (tertiary/aromatic N) is 3. The summed E-state index contributed by atoms with van der Waals surface area (Å²) in [5.41, 5.74) is 12.2. The average Bonchev–Trinajstić information content (AvgIpc) is 3.66. The van der Waals surface area contributed by atoms with E-state index in [1.165, 1.54) is 54.8 Å². The highest BCUT2D eigenvalue weighted by Crippen LogP contribution is 2.56. The molecule has 0 unspecified atom stereocenters. The third-order valence-corrected chi connectivity index (χ3v) is 9.15. The second kappa shape index (κ2) is 7.96. The van der Waals surface area contributed by atoms with Crippen molar-refractivity contribution in [3.8, 4) is 22.5 Å². The standard InChI is InChI=1S/C38H27N3/c1-38(2)30-18-10-8-16-28(30)35-36(38)27-15-7-6-14-26(27)34-29-17-9-11-19-32(29)41(37(34)35)25-20-21-33-31(22-25)39-23-40(33)24-12-4-3-5-13-24/h3-23H,1-2H3. The number of benzene rings is 6. The molecule has 194 valence electrons. The van der Waals surface area contributed by atoms with E-state index in [2.05, 4.69) is 138 Å². The van der Waals surface area contributed by atoms with Gasteiger partial charge in [0.25, 0.3) is 0 Å². The minimum atomic E-state index is -0.112. The molecule has 0 bridgehead atoms. The van der Waals surface area contributed by atoms with Crippen LogP contribution >= 0.6 is 0 Å². The summed E-state index contributed by atoms with van der Waals surface area (Å²) in [6.07, 6.45) is 1.93. The van der Waals surface area contributed by atoms with E-state index in [-0.39, 0.29) is 5.41 Å². The van der Waals surface area contributed by atoms with Crippen molar-refractivity contribution in [1.82, 2.24) is 14.1 Å². The lowest BCUT2D eigenvalue weighted by atomic mass is 9.79. The molecule has 1 aliphatic rings. The zero-order valence-corrected chi connectivity index (χ0v) is 23.0. The van der Waals surface area contributed by atoms with Gasteiger partial charge in [-0.2, -0.15) is 0 Å². The van der Waals surface area contributed by atoms with E-state index >= 15 is 0 Å². The molecule has 8 aromatic rings. The second-order valence-electron chi connectivity index (χ2n) is 11.7. The van der Waals surface area contributed by atoms with E-state index in [1.54, 1.807) is 0 Å². The molecule has 2 aromatic heterocycles. The molecular weight excluding hydrogens is 498 g/mol. The predicted molar refractivity (Wildman–Crippen MR) is 170 cm³/mol. The Labute approximate surface area is 237 Å². The van der Waals surface area contributed by atoms with Gasteiger partial charge in [0.1, 0.15) is 6.33 Å². The third-order valence-electron chi connectivity index (χ3n) is 9.15. The minimum Gasteiger partial charge on any atom is -0.309 e. The number of rotatable bonds is 2. The Balaban J connectivity index is 1.45. The normalized spacial score (nSPS) is 13.8. The van der Waals surface area contributed by atoms with Crippen molar-refractivity contribution in [3.05, 3.63) is 139 Å². The first-order valence-electron chi connectivity index (χ1n) is 14.2. The fraction of sp³-hybridized carbons (Fsp3) is 0.0789. The van der Waals surface area contributed by atoms with Crippen LogP contribution in [0.2, 0.25) is 0 Å². The number of hydrogen-bond acceptors (Lipinski definition) is 1. The van der Waals surface area contributed by atoms with Crippen LogP contribution in [0.4, 0.5) is 0 Å². The second-order valence-corrected chi connectivity index (χ2v) is 11.7. The van der Waals surface area contributed by atoms with Crippen molar-refractivity contribution in [2.75, 3.05) is 0 Å². The molecule has 3 nitrogen and oxygen atoms in total. The van der Waals surface area contributed by atoms with Crippen LogP contribution in [0.5, 0.6) is 0 Å². The first-order chi connectivity index (χ1) is 20.1. The minimum absolute atomic E-state index is 0.112. The van der Waals surface area contributed by atoms with Gasteiger partial charge in [-0.1, -0.05) is 98.8 Å². The smallest absolute Gasteiger partial charge is 0.100 e. The van der Waals surface area contributed by atoms with Crippen LogP contribution in [-0.2, 0) is 5.41 Å². The van der Waals surface area contributed by atoms with E-state index in [4.69, 9.17) is 4.98 Å². The van der Waals surface area contributed by atoms with Gasteiger partial charge in [-0.3, -0.25) is 4.57 Å². The molecule has 9 rings (SSSR count). The summed E-state index contributed by atoms with van der Waals surface area (Å²) in [6.45, 7) is 4.76. The van der Waals surface area contributed by atoms with Gasteiger partial charge in [0, 0.05) is 33.1 Å². The molecular formula is C38H27N3. The summed E-state index contributed by atoms with van der Waals surface area (Å²) in [7, 11) is 0. The van der Waals surface area contributed by atoms with Gasteiger partial charge in [0.05, 0.1) is 22.1 Å². The number of para-hydroxylation sites is 2. The summed E-state index contributed by atoms with van der Waals surface area (Å²) < 4.78 is 4.64. The average molecular weight is 526 g/mol. The van der Waals surface area contributed by atoms with E-state index in [0.717, 1.165) is 22.4 Å². The van der Waals surface area contributed by atoms with Crippen molar-refractivity contribution in [3.63, 3.8) is 0 Å². The Morgan fingerprint density at radius 2 is 1.32 bits per heavy atom. The monoisotopic (exact) mass is 525 g/mol. The molecule has 0 amide bonds. The van der Waals surface area contributed by atoms with Gasteiger partial charge in [0.15, 0.2) is 0 Å². The number of hydrogen-bond donors (Lipinski definition) is 0. The molecule has 0 N–H and O–H groups in total. The molecule has 0 aliphatic heterocycles.